The lowest BCUT2D eigenvalue weighted by Gasteiger charge is -2.36. The van der Waals surface area contributed by atoms with E-state index < -0.39 is 5.41 Å². The fourth-order valence-electron chi connectivity index (χ4n) is 2.54. The molecule has 1 aliphatic carbocycles. The van der Waals surface area contributed by atoms with Crippen LogP contribution in [0.4, 0.5) is 0 Å². The molecule has 100 valence electrons. The molecule has 0 radical (unpaired) electrons. The van der Waals surface area contributed by atoms with Gasteiger partial charge in [0.15, 0.2) is 0 Å². The Balaban J connectivity index is 1.93. The number of hydrogen-bond acceptors (Lipinski definition) is 2. The average Bonchev–Trinajstić information content (AvgIpc) is 2.35. The van der Waals surface area contributed by atoms with E-state index in [0.29, 0.717) is 6.54 Å². The van der Waals surface area contributed by atoms with Crippen molar-refractivity contribution in [3.8, 4) is 6.07 Å². The van der Waals surface area contributed by atoms with Crippen LogP contribution in [-0.2, 0) is 11.2 Å². The maximum atomic E-state index is 12.3. The Kier molecular flexibility index (Phi) is 3.90. The summed E-state index contributed by atoms with van der Waals surface area (Å²) in [6.07, 6.45) is 3.27. The summed E-state index contributed by atoms with van der Waals surface area (Å²) < 4.78 is 0. The van der Waals surface area contributed by atoms with Gasteiger partial charge < -0.3 is 4.90 Å². The largest absolute Gasteiger partial charge is 0.344 e. The van der Waals surface area contributed by atoms with Crippen LogP contribution in [0.3, 0.4) is 0 Å². The number of nitriles is 1. The summed E-state index contributed by atoms with van der Waals surface area (Å²) in [5.41, 5.74) is 1.75. The lowest BCUT2D eigenvalue weighted by Crippen LogP contribution is -2.46. The van der Waals surface area contributed by atoms with Gasteiger partial charge in [-0.25, -0.2) is 0 Å². The second-order valence-electron chi connectivity index (χ2n) is 5.51. The lowest BCUT2D eigenvalue weighted by atomic mass is 9.69. The number of likely N-dealkylation sites (N-methyl/N-ethyl adjacent to an activating group) is 1. The zero-order valence-corrected chi connectivity index (χ0v) is 11.6. The molecule has 0 saturated heterocycles. The Morgan fingerprint density at radius 1 is 1.47 bits per heavy atom. The van der Waals surface area contributed by atoms with Crippen LogP contribution in [0.1, 0.15) is 30.4 Å². The van der Waals surface area contributed by atoms with Gasteiger partial charge in [-0.2, -0.15) is 5.26 Å². The van der Waals surface area contributed by atoms with Crippen molar-refractivity contribution >= 4 is 5.91 Å². The quantitative estimate of drug-likeness (QED) is 0.831. The number of nitrogens with zero attached hydrogens (tertiary/aromatic N) is 2. The zero-order valence-electron chi connectivity index (χ0n) is 11.6. The Morgan fingerprint density at radius 3 is 2.74 bits per heavy atom. The van der Waals surface area contributed by atoms with E-state index in [4.69, 9.17) is 0 Å². The zero-order chi connectivity index (χ0) is 13.9. The first-order chi connectivity index (χ1) is 9.07. The predicted molar refractivity (Wildman–Crippen MR) is 74.4 cm³/mol. The van der Waals surface area contributed by atoms with Crippen LogP contribution in [0.15, 0.2) is 24.3 Å². The minimum absolute atomic E-state index is 0.00565. The fourth-order valence-corrected chi connectivity index (χ4v) is 2.54. The molecule has 1 saturated carbocycles. The molecule has 19 heavy (non-hydrogen) atoms. The number of carbonyl (C=O) groups is 1. The van der Waals surface area contributed by atoms with Crippen molar-refractivity contribution in [1.29, 1.82) is 5.26 Å². The van der Waals surface area contributed by atoms with Crippen molar-refractivity contribution < 1.29 is 4.79 Å². The van der Waals surface area contributed by atoms with Gasteiger partial charge in [0.2, 0.25) is 5.91 Å². The third-order valence-electron chi connectivity index (χ3n) is 4.00. The van der Waals surface area contributed by atoms with Crippen LogP contribution in [0.2, 0.25) is 0 Å². The molecule has 1 aromatic rings. The van der Waals surface area contributed by atoms with Gasteiger partial charge >= 0.3 is 0 Å². The van der Waals surface area contributed by atoms with Gasteiger partial charge in [-0.15, -0.1) is 0 Å². The number of hydrogen-bond donors (Lipinski definition) is 0. The van der Waals surface area contributed by atoms with Crippen molar-refractivity contribution in [1.82, 2.24) is 4.90 Å². The first kappa shape index (κ1) is 13.6. The Hall–Kier alpha value is -1.82. The summed E-state index contributed by atoms with van der Waals surface area (Å²) in [7, 11) is 1.80. The van der Waals surface area contributed by atoms with Gasteiger partial charge in [0.25, 0.3) is 0 Å². The smallest absolute Gasteiger partial charge is 0.242 e. The second-order valence-corrected chi connectivity index (χ2v) is 5.51. The van der Waals surface area contributed by atoms with E-state index in [2.05, 4.69) is 31.2 Å². The van der Waals surface area contributed by atoms with Gasteiger partial charge in [-0.3, -0.25) is 4.79 Å². The number of amides is 1. The summed E-state index contributed by atoms with van der Waals surface area (Å²) >= 11 is 0. The van der Waals surface area contributed by atoms with E-state index in [1.807, 2.05) is 6.07 Å². The maximum absolute atomic E-state index is 12.3. The molecule has 1 aromatic carbocycles. The molecule has 1 aliphatic rings. The van der Waals surface area contributed by atoms with E-state index in [1.165, 1.54) is 11.1 Å². The van der Waals surface area contributed by atoms with Crippen molar-refractivity contribution in [2.45, 2.75) is 32.6 Å². The molecule has 0 aliphatic heterocycles. The first-order valence-electron chi connectivity index (χ1n) is 6.80. The normalized spacial score (nSPS) is 16.3. The number of aryl methyl sites for hydroxylation is 1. The Bertz CT molecular complexity index is 512. The average molecular weight is 256 g/mol. The number of benzene rings is 1. The third kappa shape index (κ3) is 2.78. The van der Waals surface area contributed by atoms with Crippen LogP contribution in [0, 0.1) is 23.7 Å². The Morgan fingerprint density at radius 2 is 2.21 bits per heavy atom. The fraction of sp³-hybridized carbons (Fsp3) is 0.500. The molecule has 3 heteroatoms. The van der Waals surface area contributed by atoms with Gasteiger partial charge in [0.1, 0.15) is 5.41 Å². The third-order valence-corrected chi connectivity index (χ3v) is 4.00. The molecule has 0 N–H and O–H groups in total. The minimum Gasteiger partial charge on any atom is -0.344 e. The topological polar surface area (TPSA) is 44.1 Å². The van der Waals surface area contributed by atoms with Gasteiger partial charge in [0, 0.05) is 13.6 Å². The van der Waals surface area contributed by atoms with E-state index in [9.17, 15) is 10.1 Å². The number of carbonyl (C=O) groups excluding carboxylic acids is 1. The highest BCUT2D eigenvalue weighted by atomic mass is 16.2. The maximum Gasteiger partial charge on any atom is 0.242 e. The highest BCUT2D eigenvalue weighted by molar-refractivity contribution is 5.86. The summed E-state index contributed by atoms with van der Waals surface area (Å²) in [5.74, 6) is -0.00565. The molecule has 3 nitrogen and oxygen atoms in total. The molecule has 0 heterocycles. The molecule has 2 rings (SSSR count). The molecule has 1 amide bonds. The summed E-state index contributed by atoms with van der Waals surface area (Å²) in [4.78, 5) is 14.0. The van der Waals surface area contributed by atoms with Crippen molar-refractivity contribution in [3.05, 3.63) is 35.4 Å². The van der Waals surface area contributed by atoms with Crippen LogP contribution >= 0.6 is 0 Å². The summed E-state index contributed by atoms with van der Waals surface area (Å²) in [6, 6.07) is 10.5. The van der Waals surface area contributed by atoms with Crippen molar-refractivity contribution in [2.24, 2.45) is 5.41 Å². The SMILES string of the molecule is Cc1cccc(CCN(C)C(=O)C2(C#N)CCC2)c1. The van der Waals surface area contributed by atoms with Gasteiger partial charge in [-0.05, 0) is 38.2 Å². The van der Waals surface area contributed by atoms with Crippen LogP contribution in [0.5, 0.6) is 0 Å². The van der Waals surface area contributed by atoms with Crippen molar-refractivity contribution in [3.63, 3.8) is 0 Å². The van der Waals surface area contributed by atoms with E-state index >= 15 is 0 Å². The molecule has 0 bridgehead atoms. The van der Waals surface area contributed by atoms with Gasteiger partial charge in [-0.1, -0.05) is 29.8 Å². The van der Waals surface area contributed by atoms with E-state index in [1.54, 1.807) is 11.9 Å². The highest BCUT2D eigenvalue weighted by Crippen LogP contribution is 2.41. The summed E-state index contributed by atoms with van der Waals surface area (Å²) in [6.45, 7) is 2.74. The monoisotopic (exact) mass is 256 g/mol. The van der Waals surface area contributed by atoms with Crippen LogP contribution in [0.25, 0.3) is 0 Å². The molecule has 0 atom stereocenters. The molecule has 0 spiro atoms. The van der Waals surface area contributed by atoms with Crippen LogP contribution < -0.4 is 0 Å². The highest BCUT2D eigenvalue weighted by Gasteiger charge is 2.45. The standard InChI is InChI=1S/C16H20N2O/c1-13-5-3-6-14(11-13)7-10-18(2)15(19)16(12-17)8-4-9-16/h3,5-6,11H,4,7-10H2,1-2H3. The Labute approximate surface area is 114 Å². The molecular weight excluding hydrogens is 236 g/mol. The lowest BCUT2D eigenvalue weighted by molar-refractivity contribution is -0.141. The molecule has 0 unspecified atom stereocenters. The summed E-state index contributed by atoms with van der Waals surface area (Å²) in [5, 5.41) is 9.18. The van der Waals surface area contributed by atoms with Gasteiger partial charge in [0.05, 0.1) is 6.07 Å². The van der Waals surface area contributed by atoms with Crippen molar-refractivity contribution in [2.75, 3.05) is 13.6 Å². The molecule has 0 aromatic heterocycles. The predicted octanol–water partition coefficient (Wildman–Crippen LogP) is 2.69. The first-order valence-corrected chi connectivity index (χ1v) is 6.80. The minimum atomic E-state index is -0.721. The van der Waals surface area contributed by atoms with Crippen LogP contribution in [-0.4, -0.2) is 24.4 Å². The van der Waals surface area contributed by atoms with E-state index in [0.717, 1.165) is 25.7 Å². The molecular formula is C16H20N2O. The van der Waals surface area contributed by atoms with E-state index in [-0.39, 0.29) is 5.91 Å². The second kappa shape index (κ2) is 5.44. The number of rotatable bonds is 4. The molecule has 1 fully saturated rings.